The minimum absolute atomic E-state index is 0.00492. The Morgan fingerprint density at radius 3 is 2.45 bits per heavy atom. The number of carbonyl (C=O) groups excluding carboxylic acids is 2. The number of para-hydroxylation sites is 1. The Labute approximate surface area is 244 Å². The molecule has 0 saturated carbocycles. The molecule has 2 aliphatic rings. The number of allylic oxidation sites excluding steroid dienone is 1. The Morgan fingerprint density at radius 1 is 1.02 bits per heavy atom. The maximum Gasteiger partial charge on any atom is 0.338 e. The summed E-state index contributed by atoms with van der Waals surface area (Å²) in [6.45, 7) is 3.58. The van der Waals surface area contributed by atoms with Crippen molar-refractivity contribution >= 4 is 34.5 Å². The van der Waals surface area contributed by atoms with Crippen LogP contribution >= 0.6 is 11.3 Å². The molecule has 0 bridgehead atoms. The fraction of sp³-hybridized carbons (Fsp3) is 0.188. The van der Waals surface area contributed by atoms with E-state index >= 15 is 0 Å². The standard InChI is InChI=1S/C32H26FN3O5S/c1-4-41-31(39)25-18(2)34-32-36(27(25)19-13-15-21(40-3)16-14-19)30(38)28(42-32)26-22-10-6-8-12-24(22)35(29(26)37)17-20-9-5-7-11-23(20)33/h5-16,27H,4,17H2,1-3H3/b28-26-/t27-/m1/s1. The predicted molar refractivity (Wildman–Crippen MR) is 156 cm³/mol. The van der Waals surface area contributed by atoms with Crippen molar-refractivity contribution in [2.24, 2.45) is 4.99 Å². The summed E-state index contributed by atoms with van der Waals surface area (Å²) in [5.74, 6) is -0.783. The molecule has 10 heteroatoms. The Morgan fingerprint density at radius 2 is 1.74 bits per heavy atom. The van der Waals surface area contributed by atoms with Crippen LogP contribution in [0.3, 0.4) is 0 Å². The highest BCUT2D eigenvalue weighted by Gasteiger charge is 2.37. The van der Waals surface area contributed by atoms with Crippen LogP contribution in [0.4, 0.5) is 10.1 Å². The van der Waals surface area contributed by atoms with Gasteiger partial charge in [-0.1, -0.05) is 59.9 Å². The number of nitrogens with zero attached hydrogens (tertiary/aromatic N) is 3. The number of amides is 1. The second kappa shape index (κ2) is 10.9. The molecule has 0 fully saturated rings. The maximum atomic E-state index is 14.6. The van der Waals surface area contributed by atoms with Gasteiger partial charge in [0.15, 0.2) is 4.80 Å². The molecule has 212 valence electrons. The highest BCUT2D eigenvalue weighted by atomic mass is 32.1. The number of fused-ring (bicyclic) bond motifs is 2. The normalized spacial score (nSPS) is 17.1. The van der Waals surface area contributed by atoms with Gasteiger partial charge in [-0.25, -0.2) is 14.2 Å². The van der Waals surface area contributed by atoms with Crippen LogP contribution in [0.5, 0.6) is 5.75 Å². The number of benzene rings is 3. The molecule has 8 nitrogen and oxygen atoms in total. The summed E-state index contributed by atoms with van der Waals surface area (Å²) >= 11 is 1.09. The number of esters is 1. The molecule has 6 rings (SSSR count). The van der Waals surface area contributed by atoms with Gasteiger partial charge in [-0.2, -0.15) is 0 Å². The fourth-order valence-electron chi connectivity index (χ4n) is 5.40. The predicted octanol–water partition coefficient (Wildman–Crippen LogP) is 3.86. The summed E-state index contributed by atoms with van der Waals surface area (Å²) < 4.78 is 26.9. The first-order chi connectivity index (χ1) is 20.3. The maximum absolute atomic E-state index is 14.6. The molecule has 1 atom stereocenters. The van der Waals surface area contributed by atoms with Gasteiger partial charge < -0.3 is 14.4 Å². The van der Waals surface area contributed by atoms with E-state index in [1.54, 1.807) is 87.7 Å². The third-order valence-corrected chi connectivity index (χ3v) is 8.41. The van der Waals surface area contributed by atoms with Gasteiger partial charge in [0.05, 0.1) is 48.8 Å². The Hall–Kier alpha value is -4.83. The lowest BCUT2D eigenvalue weighted by molar-refractivity contribution is -0.139. The molecule has 42 heavy (non-hydrogen) atoms. The summed E-state index contributed by atoms with van der Waals surface area (Å²) in [4.78, 5) is 47.9. The summed E-state index contributed by atoms with van der Waals surface area (Å²) in [6.07, 6.45) is 0. The number of rotatable bonds is 6. The van der Waals surface area contributed by atoms with Crippen molar-refractivity contribution in [2.75, 3.05) is 18.6 Å². The molecule has 0 spiro atoms. The number of hydrogen-bond donors (Lipinski definition) is 0. The lowest BCUT2D eigenvalue weighted by atomic mass is 9.96. The smallest absolute Gasteiger partial charge is 0.338 e. The molecular weight excluding hydrogens is 557 g/mol. The largest absolute Gasteiger partial charge is 0.497 e. The number of carbonyl (C=O) groups is 2. The molecule has 0 N–H and O–H groups in total. The van der Waals surface area contributed by atoms with E-state index in [-0.39, 0.29) is 28.8 Å². The lowest BCUT2D eigenvalue weighted by Crippen LogP contribution is -2.41. The number of halogens is 1. The van der Waals surface area contributed by atoms with Gasteiger partial charge in [0, 0.05) is 11.1 Å². The lowest BCUT2D eigenvalue weighted by Gasteiger charge is -2.24. The highest BCUT2D eigenvalue weighted by molar-refractivity contribution is 7.07. The zero-order valence-electron chi connectivity index (χ0n) is 23.1. The molecule has 4 aromatic rings. The quantitative estimate of drug-likeness (QED) is 0.322. The zero-order valence-corrected chi connectivity index (χ0v) is 23.9. The van der Waals surface area contributed by atoms with E-state index in [0.717, 1.165) is 11.3 Å². The average molecular weight is 584 g/mol. The number of ether oxygens (including phenoxy) is 2. The molecular formula is C32H26FN3O5S. The van der Waals surface area contributed by atoms with E-state index in [9.17, 15) is 18.8 Å². The van der Waals surface area contributed by atoms with E-state index < -0.39 is 29.3 Å². The van der Waals surface area contributed by atoms with Crippen LogP contribution < -0.4 is 24.5 Å². The molecule has 0 radical (unpaired) electrons. The van der Waals surface area contributed by atoms with E-state index in [1.165, 1.54) is 15.5 Å². The van der Waals surface area contributed by atoms with Crippen molar-refractivity contribution in [3.63, 3.8) is 0 Å². The van der Waals surface area contributed by atoms with Crippen molar-refractivity contribution in [2.45, 2.75) is 26.4 Å². The SMILES string of the molecule is CCOC(=O)C1=C(C)N=c2s/c(=C3\C(=O)N(Cc4ccccc4F)c4ccccc43)c(=O)n2[C@@H]1c1ccc(OC)cc1. The molecule has 3 heterocycles. The highest BCUT2D eigenvalue weighted by Crippen LogP contribution is 2.37. The van der Waals surface area contributed by atoms with Crippen LogP contribution in [0.2, 0.25) is 0 Å². The molecule has 0 saturated heterocycles. The fourth-order valence-corrected chi connectivity index (χ4v) is 6.53. The van der Waals surface area contributed by atoms with Gasteiger partial charge in [0.1, 0.15) is 16.1 Å². The minimum Gasteiger partial charge on any atom is -0.497 e. The monoisotopic (exact) mass is 583 g/mol. The van der Waals surface area contributed by atoms with Crippen molar-refractivity contribution in [3.8, 4) is 5.75 Å². The van der Waals surface area contributed by atoms with Crippen LogP contribution in [-0.2, 0) is 20.9 Å². The van der Waals surface area contributed by atoms with Crippen molar-refractivity contribution in [3.05, 3.63) is 126 Å². The number of anilines is 1. The summed E-state index contributed by atoms with van der Waals surface area (Å²) in [7, 11) is 1.56. The molecule has 0 aliphatic carbocycles. The summed E-state index contributed by atoms with van der Waals surface area (Å²) in [5, 5.41) is 0. The molecule has 1 aromatic heterocycles. The number of aromatic nitrogens is 1. The zero-order chi connectivity index (χ0) is 29.5. The van der Waals surface area contributed by atoms with Crippen LogP contribution in [0.25, 0.3) is 5.57 Å². The average Bonchev–Trinajstić information content (AvgIpc) is 3.45. The Balaban J connectivity index is 1.57. The first-order valence-electron chi connectivity index (χ1n) is 13.3. The minimum atomic E-state index is -0.832. The first kappa shape index (κ1) is 27.3. The summed E-state index contributed by atoms with van der Waals surface area (Å²) in [6, 6.07) is 19.7. The van der Waals surface area contributed by atoms with Crippen LogP contribution in [0, 0.1) is 5.82 Å². The third-order valence-electron chi connectivity index (χ3n) is 7.36. The van der Waals surface area contributed by atoms with E-state index in [2.05, 4.69) is 4.99 Å². The van der Waals surface area contributed by atoms with Gasteiger partial charge in [0.25, 0.3) is 11.5 Å². The Kier molecular flexibility index (Phi) is 7.07. The number of hydrogen-bond acceptors (Lipinski definition) is 7. The number of methoxy groups -OCH3 is 1. The van der Waals surface area contributed by atoms with Crippen molar-refractivity contribution < 1.29 is 23.5 Å². The van der Waals surface area contributed by atoms with E-state index in [0.29, 0.717) is 38.6 Å². The Bertz CT molecular complexity index is 1960. The van der Waals surface area contributed by atoms with Crippen LogP contribution in [0.15, 0.2) is 93.9 Å². The summed E-state index contributed by atoms with van der Waals surface area (Å²) in [5.41, 5.74) is 2.60. The van der Waals surface area contributed by atoms with E-state index in [4.69, 9.17) is 9.47 Å². The first-order valence-corrected chi connectivity index (χ1v) is 14.2. The molecule has 1 amide bonds. The topological polar surface area (TPSA) is 90.2 Å². The van der Waals surface area contributed by atoms with Gasteiger partial charge in [0.2, 0.25) is 0 Å². The van der Waals surface area contributed by atoms with Crippen LogP contribution in [-0.4, -0.2) is 30.2 Å². The van der Waals surface area contributed by atoms with Crippen molar-refractivity contribution in [1.82, 2.24) is 4.57 Å². The third kappa shape index (κ3) is 4.44. The van der Waals surface area contributed by atoms with Crippen molar-refractivity contribution in [1.29, 1.82) is 0 Å². The second-order valence-corrected chi connectivity index (χ2v) is 10.7. The molecule has 0 unspecified atom stereocenters. The van der Waals surface area contributed by atoms with Crippen LogP contribution in [0.1, 0.15) is 36.6 Å². The van der Waals surface area contributed by atoms with Gasteiger partial charge in [-0.3, -0.25) is 14.2 Å². The van der Waals surface area contributed by atoms with Gasteiger partial charge in [-0.05, 0) is 43.7 Å². The second-order valence-electron chi connectivity index (χ2n) is 9.77. The van der Waals surface area contributed by atoms with Gasteiger partial charge in [-0.15, -0.1) is 0 Å². The molecule has 3 aromatic carbocycles. The van der Waals surface area contributed by atoms with E-state index in [1.807, 2.05) is 0 Å². The number of thiazole rings is 1. The van der Waals surface area contributed by atoms with Gasteiger partial charge >= 0.3 is 5.97 Å². The molecule has 2 aliphatic heterocycles.